The van der Waals surface area contributed by atoms with E-state index in [0.29, 0.717) is 0 Å². The molecule has 2 heterocycles. The lowest BCUT2D eigenvalue weighted by atomic mass is 9.89. The van der Waals surface area contributed by atoms with Crippen LogP contribution in [0, 0.1) is 0 Å². The predicted octanol–water partition coefficient (Wildman–Crippen LogP) is -0.717. The normalized spacial score (nSPS) is 27.0. The minimum atomic E-state index is -1.83. The molecule has 0 aliphatic carbocycles. The van der Waals surface area contributed by atoms with Gasteiger partial charge in [-0.25, -0.2) is 0 Å². The van der Waals surface area contributed by atoms with Gasteiger partial charge in [0.2, 0.25) is 5.43 Å². The molecule has 30 heavy (non-hydrogen) atoms. The fourth-order valence-electron chi connectivity index (χ4n) is 3.69. The van der Waals surface area contributed by atoms with Crippen molar-refractivity contribution in [1.82, 2.24) is 0 Å². The third-order valence-corrected chi connectivity index (χ3v) is 5.24. The van der Waals surface area contributed by atoms with Crippen molar-refractivity contribution in [2.75, 3.05) is 6.61 Å². The summed E-state index contributed by atoms with van der Waals surface area (Å²) in [6.45, 7) is -0.740. The number of phenolic OH excluding ortho intramolecular Hbond substituents is 4. The zero-order chi connectivity index (χ0) is 21.9. The Hall–Kier alpha value is -3.09. The van der Waals surface area contributed by atoms with E-state index in [1.807, 2.05) is 0 Å². The Morgan fingerprint density at radius 3 is 2.20 bits per heavy atom. The van der Waals surface area contributed by atoms with Crippen LogP contribution >= 0.6 is 0 Å². The maximum Gasteiger partial charge on any atom is 0.208 e. The first-order chi connectivity index (χ1) is 14.2. The molecule has 0 unspecified atom stereocenters. The Balaban J connectivity index is 2.01. The van der Waals surface area contributed by atoms with Crippen LogP contribution in [0.4, 0.5) is 0 Å². The average Bonchev–Trinajstić information content (AvgIpc) is 2.70. The van der Waals surface area contributed by atoms with Crippen LogP contribution in [0.5, 0.6) is 23.0 Å². The van der Waals surface area contributed by atoms with Crippen LogP contribution in [0.25, 0.3) is 21.9 Å². The summed E-state index contributed by atoms with van der Waals surface area (Å²) in [5.74, 6) is -2.54. The highest BCUT2D eigenvalue weighted by Crippen LogP contribution is 2.45. The summed E-state index contributed by atoms with van der Waals surface area (Å²) in [5.41, 5.74) is -2.14. The van der Waals surface area contributed by atoms with Crippen LogP contribution in [0.3, 0.4) is 0 Å². The molecule has 0 amide bonds. The van der Waals surface area contributed by atoms with Gasteiger partial charge >= 0.3 is 0 Å². The number of hydrogen-bond acceptors (Lipinski definition) is 11. The number of aromatic hydroxyl groups is 4. The highest BCUT2D eigenvalue weighted by Gasteiger charge is 2.46. The molecule has 11 heteroatoms. The summed E-state index contributed by atoms with van der Waals surface area (Å²) in [6, 6.07) is 3.07. The molecule has 3 aromatic rings. The molecule has 4 rings (SSSR count). The van der Waals surface area contributed by atoms with Crippen LogP contribution < -0.4 is 5.43 Å². The Bertz CT molecular complexity index is 1200. The fraction of sp³-hybridized carbons (Fsp3) is 0.316. The first-order valence-electron chi connectivity index (χ1n) is 8.84. The third kappa shape index (κ3) is 2.75. The number of hydrogen-bond donors (Lipinski definition) is 8. The molecule has 1 aliphatic rings. The van der Waals surface area contributed by atoms with Gasteiger partial charge in [-0.1, -0.05) is 0 Å². The first-order valence-corrected chi connectivity index (χ1v) is 8.84. The first kappa shape index (κ1) is 20.2. The molecule has 0 spiro atoms. The SMILES string of the molecule is O=c1c2c(O)c([C@@H]3O[C@H](CO)[C@@H](O)[C@H](O)[C@H]3O)c(O)cc2oc2c(O)ccc(O)c12. The number of fused-ring (bicyclic) bond motifs is 2. The van der Waals surface area contributed by atoms with Crippen molar-refractivity contribution >= 4 is 21.9 Å². The summed E-state index contributed by atoms with van der Waals surface area (Å²) < 4.78 is 10.7. The Morgan fingerprint density at radius 1 is 0.867 bits per heavy atom. The van der Waals surface area contributed by atoms with Crippen molar-refractivity contribution in [3.05, 3.63) is 34.0 Å². The monoisotopic (exact) mass is 422 g/mol. The zero-order valence-electron chi connectivity index (χ0n) is 15.1. The average molecular weight is 422 g/mol. The Morgan fingerprint density at radius 2 is 1.53 bits per heavy atom. The predicted molar refractivity (Wildman–Crippen MR) is 99.4 cm³/mol. The quantitative estimate of drug-likeness (QED) is 0.191. The standard InChI is InChI=1S/C19H18O11/c20-4-9-13(24)16(27)17(28)19(30-9)11-7(23)3-8-12(15(11)26)14(25)10-5(21)1-2-6(22)18(10)29-8/h1-3,9,13,16-17,19-24,26-28H,4H2/t9-,13-,16+,17-,19+/m1/s1. The van der Waals surface area contributed by atoms with Crippen LogP contribution in [0.15, 0.2) is 27.4 Å². The van der Waals surface area contributed by atoms with Gasteiger partial charge < -0.3 is 50.0 Å². The number of ether oxygens (including phenoxy) is 1. The maximum atomic E-state index is 12.9. The zero-order valence-corrected chi connectivity index (χ0v) is 15.1. The van der Waals surface area contributed by atoms with Gasteiger partial charge in [0, 0.05) is 6.07 Å². The van der Waals surface area contributed by atoms with E-state index in [1.54, 1.807) is 0 Å². The molecule has 160 valence electrons. The minimum absolute atomic E-state index is 0.336. The van der Waals surface area contributed by atoms with Crippen molar-refractivity contribution in [3.8, 4) is 23.0 Å². The summed E-state index contributed by atoms with van der Waals surface area (Å²) in [5, 5.41) is 79.7. The van der Waals surface area contributed by atoms with Crippen LogP contribution in [0.2, 0.25) is 0 Å². The molecule has 0 saturated carbocycles. The second kappa shape index (κ2) is 7.00. The number of aliphatic hydroxyl groups excluding tert-OH is 4. The number of aliphatic hydroxyl groups is 4. The van der Waals surface area contributed by atoms with E-state index in [0.717, 1.165) is 18.2 Å². The number of phenols is 4. The summed E-state index contributed by atoms with van der Waals surface area (Å²) in [4.78, 5) is 12.9. The Kier molecular flexibility index (Phi) is 4.71. The molecule has 8 N–H and O–H groups in total. The molecule has 5 atom stereocenters. The highest BCUT2D eigenvalue weighted by atomic mass is 16.5. The van der Waals surface area contributed by atoms with Gasteiger partial charge in [-0.3, -0.25) is 4.79 Å². The summed E-state index contributed by atoms with van der Waals surface area (Å²) in [7, 11) is 0. The second-order valence-corrected chi connectivity index (χ2v) is 7.02. The lowest BCUT2D eigenvalue weighted by Crippen LogP contribution is -2.55. The number of rotatable bonds is 2. The molecule has 1 fully saturated rings. The van der Waals surface area contributed by atoms with Crippen LogP contribution in [-0.2, 0) is 4.74 Å². The molecule has 2 aromatic carbocycles. The van der Waals surface area contributed by atoms with Gasteiger partial charge in [0.15, 0.2) is 11.3 Å². The molecular formula is C19H18O11. The van der Waals surface area contributed by atoms with E-state index in [1.165, 1.54) is 0 Å². The lowest BCUT2D eigenvalue weighted by Gasteiger charge is -2.40. The van der Waals surface area contributed by atoms with Crippen molar-refractivity contribution < 1.29 is 50.0 Å². The van der Waals surface area contributed by atoms with Gasteiger partial charge in [-0.2, -0.15) is 0 Å². The van der Waals surface area contributed by atoms with E-state index in [9.17, 15) is 45.6 Å². The van der Waals surface area contributed by atoms with Crippen molar-refractivity contribution in [2.24, 2.45) is 0 Å². The topological polar surface area (TPSA) is 201 Å². The second-order valence-electron chi connectivity index (χ2n) is 7.02. The third-order valence-electron chi connectivity index (χ3n) is 5.24. The largest absolute Gasteiger partial charge is 0.507 e. The van der Waals surface area contributed by atoms with Gasteiger partial charge in [0.25, 0.3) is 0 Å². The molecule has 0 bridgehead atoms. The van der Waals surface area contributed by atoms with E-state index >= 15 is 0 Å². The van der Waals surface area contributed by atoms with E-state index < -0.39 is 81.9 Å². The van der Waals surface area contributed by atoms with Gasteiger partial charge in [0.1, 0.15) is 64.1 Å². The van der Waals surface area contributed by atoms with E-state index in [2.05, 4.69) is 0 Å². The molecule has 1 aromatic heterocycles. The van der Waals surface area contributed by atoms with E-state index in [-0.39, 0.29) is 11.2 Å². The summed E-state index contributed by atoms with van der Waals surface area (Å²) in [6.07, 6.45) is -8.24. The smallest absolute Gasteiger partial charge is 0.208 e. The summed E-state index contributed by atoms with van der Waals surface area (Å²) >= 11 is 0. The lowest BCUT2D eigenvalue weighted by molar-refractivity contribution is -0.232. The number of benzene rings is 2. The molecule has 1 aliphatic heterocycles. The highest BCUT2D eigenvalue weighted by molar-refractivity contribution is 5.99. The van der Waals surface area contributed by atoms with Crippen molar-refractivity contribution in [1.29, 1.82) is 0 Å². The molecule has 1 saturated heterocycles. The van der Waals surface area contributed by atoms with Crippen molar-refractivity contribution in [3.63, 3.8) is 0 Å². The van der Waals surface area contributed by atoms with Crippen LogP contribution in [-0.4, -0.2) is 71.9 Å². The maximum absolute atomic E-state index is 12.9. The molecule has 11 nitrogen and oxygen atoms in total. The Labute approximate surface area is 166 Å². The van der Waals surface area contributed by atoms with Crippen LogP contribution in [0.1, 0.15) is 11.7 Å². The van der Waals surface area contributed by atoms with Gasteiger partial charge in [0.05, 0.1) is 12.2 Å². The molecule has 0 radical (unpaired) electrons. The molecular weight excluding hydrogens is 404 g/mol. The fourth-order valence-corrected chi connectivity index (χ4v) is 3.69. The van der Waals surface area contributed by atoms with Crippen molar-refractivity contribution in [2.45, 2.75) is 30.5 Å². The van der Waals surface area contributed by atoms with Gasteiger partial charge in [-0.15, -0.1) is 0 Å². The van der Waals surface area contributed by atoms with Gasteiger partial charge in [-0.05, 0) is 12.1 Å². The van der Waals surface area contributed by atoms with E-state index in [4.69, 9.17) is 9.15 Å². The minimum Gasteiger partial charge on any atom is -0.507 e.